The van der Waals surface area contributed by atoms with Crippen LogP contribution in [-0.4, -0.2) is 16.8 Å². The van der Waals surface area contributed by atoms with Crippen LogP contribution in [0.2, 0.25) is 10.0 Å². The molecule has 3 rings (SSSR count). The Labute approximate surface area is 155 Å². The number of anilines is 1. The topological polar surface area (TPSA) is 52.9 Å². The molecule has 1 N–H and O–H groups in total. The lowest BCUT2D eigenvalue weighted by molar-refractivity contribution is -0.129. The van der Waals surface area contributed by atoms with Gasteiger partial charge in [0.05, 0.1) is 20.5 Å². The van der Waals surface area contributed by atoms with Crippen molar-refractivity contribution >= 4 is 67.8 Å². The van der Waals surface area contributed by atoms with Gasteiger partial charge in [-0.3, -0.25) is 5.01 Å². The van der Waals surface area contributed by atoms with Crippen molar-refractivity contribution in [1.29, 1.82) is 0 Å². The van der Waals surface area contributed by atoms with Gasteiger partial charge in [0.2, 0.25) is 0 Å². The first-order valence-electron chi connectivity index (χ1n) is 6.70. The molecule has 0 saturated carbocycles. The number of hydrogen-bond acceptors (Lipinski definition) is 4. The SMILES string of the molecule is C[C@@H]1C(C(=O)O)=NN(c2ccc(Cl)cc2Cl)[C@@H]1c1ccc(Br)s1. The van der Waals surface area contributed by atoms with E-state index in [0.29, 0.717) is 15.7 Å². The molecule has 1 aliphatic rings. The molecule has 2 atom stereocenters. The second-order valence-electron chi connectivity index (χ2n) is 5.11. The summed E-state index contributed by atoms with van der Waals surface area (Å²) in [5.74, 6) is -1.30. The highest BCUT2D eigenvalue weighted by atomic mass is 79.9. The fraction of sp³-hybridized carbons (Fsp3) is 0.200. The Kier molecular flexibility index (Phi) is 4.69. The smallest absolute Gasteiger partial charge is 0.352 e. The summed E-state index contributed by atoms with van der Waals surface area (Å²) in [6.45, 7) is 1.86. The predicted molar refractivity (Wildman–Crippen MR) is 97.9 cm³/mol. The third-order valence-electron chi connectivity index (χ3n) is 3.65. The zero-order chi connectivity index (χ0) is 16.7. The molecule has 0 radical (unpaired) electrons. The number of hydrazone groups is 1. The molecule has 120 valence electrons. The number of thiophene rings is 1. The maximum Gasteiger partial charge on any atom is 0.352 e. The first kappa shape index (κ1) is 16.8. The molecule has 2 aromatic rings. The molecule has 4 nitrogen and oxygen atoms in total. The molecule has 1 aromatic carbocycles. The van der Waals surface area contributed by atoms with E-state index >= 15 is 0 Å². The van der Waals surface area contributed by atoms with Gasteiger partial charge in [0, 0.05) is 15.8 Å². The molecule has 0 unspecified atom stereocenters. The summed E-state index contributed by atoms with van der Waals surface area (Å²) < 4.78 is 0.977. The van der Waals surface area contributed by atoms with Crippen LogP contribution in [-0.2, 0) is 4.79 Å². The van der Waals surface area contributed by atoms with Crippen LogP contribution < -0.4 is 5.01 Å². The van der Waals surface area contributed by atoms with Crippen molar-refractivity contribution in [2.24, 2.45) is 11.0 Å². The number of hydrogen-bond donors (Lipinski definition) is 1. The lowest BCUT2D eigenvalue weighted by atomic mass is 9.96. The molecule has 0 aliphatic carbocycles. The quantitative estimate of drug-likeness (QED) is 0.699. The second kappa shape index (κ2) is 6.43. The van der Waals surface area contributed by atoms with Crippen LogP contribution in [0.3, 0.4) is 0 Å². The van der Waals surface area contributed by atoms with Gasteiger partial charge >= 0.3 is 5.97 Å². The van der Waals surface area contributed by atoms with E-state index in [4.69, 9.17) is 23.2 Å². The molecule has 8 heteroatoms. The third kappa shape index (κ3) is 3.13. The molecular formula is C15H11BrCl2N2O2S. The van der Waals surface area contributed by atoms with E-state index in [2.05, 4.69) is 21.0 Å². The molecule has 0 amide bonds. The summed E-state index contributed by atoms with van der Waals surface area (Å²) >= 11 is 17.2. The van der Waals surface area contributed by atoms with Crippen LogP contribution in [0.1, 0.15) is 17.8 Å². The normalized spacial score (nSPS) is 20.7. The van der Waals surface area contributed by atoms with E-state index in [-0.39, 0.29) is 17.7 Å². The predicted octanol–water partition coefficient (Wildman–Crippen LogP) is 5.46. The Bertz CT molecular complexity index is 809. The van der Waals surface area contributed by atoms with Gasteiger partial charge in [0.25, 0.3) is 0 Å². The number of benzene rings is 1. The summed E-state index contributed by atoms with van der Waals surface area (Å²) in [5, 5.41) is 16.3. The molecule has 1 aliphatic heterocycles. The molecule has 0 saturated heterocycles. The maximum absolute atomic E-state index is 11.5. The van der Waals surface area contributed by atoms with E-state index in [9.17, 15) is 9.90 Å². The minimum absolute atomic E-state index is 0.116. The van der Waals surface area contributed by atoms with E-state index in [1.54, 1.807) is 34.5 Å². The summed E-state index contributed by atoms with van der Waals surface area (Å²) in [4.78, 5) is 12.5. The number of carboxylic acid groups (broad SMARTS) is 1. The van der Waals surface area contributed by atoms with Crippen LogP contribution in [0.25, 0.3) is 0 Å². The lowest BCUT2D eigenvalue weighted by Gasteiger charge is -2.26. The van der Waals surface area contributed by atoms with Gasteiger partial charge < -0.3 is 5.11 Å². The lowest BCUT2D eigenvalue weighted by Crippen LogP contribution is -2.25. The Balaban J connectivity index is 2.11. The zero-order valence-corrected chi connectivity index (χ0v) is 15.7. The zero-order valence-electron chi connectivity index (χ0n) is 11.8. The van der Waals surface area contributed by atoms with Crippen molar-refractivity contribution in [3.63, 3.8) is 0 Å². The summed E-state index contributed by atoms with van der Waals surface area (Å²) in [7, 11) is 0. The molecular weight excluding hydrogens is 423 g/mol. The number of aliphatic carboxylic acids is 1. The Hall–Kier alpha value is -1.08. The molecule has 0 bridgehead atoms. The summed E-state index contributed by atoms with van der Waals surface area (Å²) in [6, 6.07) is 8.76. The number of halogens is 3. The first-order chi connectivity index (χ1) is 10.9. The number of rotatable bonds is 3. The Morgan fingerprint density at radius 2 is 2.09 bits per heavy atom. The van der Waals surface area contributed by atoms with Crippen molar-refractivity contribution in [3.8, 4) is 0 Å². The van der Waals surface area contributed by atoms with E-state index in [1.165, 1.54) is 0 Å². The third-order valence-corrected chi connectivity index (χ3v) is 5.88. The van der Waals surface area contributed by atoms with Crippen LogP contribution in [0.4, 0.5) is 5.69 Å². The maximum atomic E-state index is 11.5. The Morgan fingerprint density at radius 3 is 2.65 bits per heavy atom. The fourth-order valence-electron chi connectivity index (χ4n) is 2.59. The van der Waals surface area contributed by atoms with Gasteiger partial charge in [-0.2, -0.15) is 5.10 Å². The monoisotopic (exact) mass is 432 g/mol. The molecule has 0 spiro atoms. The van der Waals surface area contributed by atoms with Gasteiger partial charge in [0.1, 0.15) is 0 Å². The molecule has 1 aromatic heterocycles. The first-order valence-corrected chi connectivity index (χ1v) is 9.06. The van der Waals surface area contributed by atoms with Gasteiger partial charge in [-0.1, -0.05) is 30.1 Å². The van der Waals surface area contributed by atoms with Crippen molar-refractivity contribution < 1.29 is 9.90 Å². The largest absolute Gasteiger partial charge is 0.477 e. The van der Waals surface area contributed by atoms with Crippen LogP contribution >= 0.6 is 50.5 Å². The van der Waals surface area contributed by atoms with Gasteiger partial charge in [-0.15, -0.1) is 11.3 Å². The summed E-state index contributed by atoms with van der Waals surface area (Å²) in [5.41, 5.74) is 0.749. The fourth-order valence-corrected chi connectivity index (χ4v) is 4.70. The number of nitrogens with zero attached hydrogens (tertiary/aromatic N) is 2. The highest BCUT2D eigenvalue weighted by Gasteiger charge is 2.40. The van der Waals surface area contributed by atoms with Crippen LogP contribution in [0, 0.1) is 5.92 Å². The van der Waals surface area contributed by atoms with Crippen molar-refractivity contribution in [2.75, 3.05) is 5.01 Å². The average Bonchev–Trinajstić information content (AvgIpc) is 3.02. The average molecular weight is 434 g/mol. The minimum atomic E-state index is -1.02. The Morgan fingerprint density at radius 1 is 1.35 bits per heavy atom. The number of carbonyl (C=O) groups is 1. The van der Waals surface area contributed by atoms with Gasteiger partial charge in [-0.05, 0) is 46.3 Å². The number of carboxylic acids is 1. The highest BCUT2D eigenvalue weighted by Crippen LogP contribution is 2.44. The van der Waals surface area contributed by atoms with Crippen LogP contribution in [0.5, 0.6) is 0 Å². The van der Waals surface area contributed by atoms with E-state index in [0.717, 1.165) is 8.66 Å². The van der Waals surface area contributed by atoms with Gasteiger partial charge in [-0.25, -0.2) is 4.79 Å². The highest BCUT2D eigenvalue weighted by molar-refractivity contribution is 9.11. The second-order valence-corrected chi connectivity index (χ2v) is 8.44. The molecule has 0 fully saturated rings. The summed E-state index contributed by atoms with van der Waals surface area (Å²) in [6.07, 6.45) is 0. The van der Waals surface area contributed by atoms with Crippen LogP contribution in [0.15, 0.2) is 39.2 Å². The standard InChI is InChI=1S/C15H11BrCl2N2O2S/c1-7-13(15(21)22)19-20(10-3-2-8(17)6-9(10)18)14(7)11-4-5-12(16)23-11/h2-7,14H,1H3,(H,21,22)/t7-,14+/m1/s1. The van der Waals surface area contributed by atoms with E-state index in [1.807, 2.05) is 19.1 Å². The molecule has 23 heavy (non-hydrogen) atoms. The van der Waals surface area contributed by atoms with E-state index < -0.39 is 5.97 Å². The van der Waals surface area contributed by atoms with Gasteiger partial charge in [0.15, 0.2) is 5.71 Å². The van der Waals surface area contributed by atoms with Crippen molar-refractivity contribution in [1.82, 2.24) is 0 Å². The minimum Gasteiger partial charge on any atom is -0.477 e. The molecule has 2 heterocycles. The van der Waals surface area contributed by atoms with Crippen molar-refractivity contribution in [3.05, 3.63) is 49.0 Å². The van der Waals surface area contributed by atoms with Crippen molar-refractivity contribution in [2.45, 2.75) is 13.0 Å².